The summed E-state index contributed by atoms with van der Waals surface area (Å²) in [5.41, 5.74) is 4.84. The lowest BCUT2D eigenvalue weighted by atomic mass is 10.1. The summed E-state index contributed by atoms with van der Waals surface area (Å²) in [5, 5.41) is 8.87. The van der Waals surface area contributed by atoms with Crippen molar-refractivity contribution < 1.29 is 15.6 Å². The van der Waals surface area contributed by atoms with Crippen LogP contribution in [0.25, 0.3) is 0 Å². The fourth-order valence-electron chi connectivity index (χ4n) is 1.11. The van der Waals surface area contributed by atoms with Gasteiger partial charge in [0.15, 0.2) is 0 Å². The number of rotatable bonds is 4. The van der Waals surface area contributed by atoms with Gasteiger partial charge in [-0.15, -0.1) is 0 Å². The van der Waals surface area contributed by atoms with Crippen molar-refractivity contribution in [2.75, 3.05) is 13.2 Å². The first kappa shape index (κ1) is 10.0. The molecule has 0 spiro atoms. The molecule has 0 aliphatic heterocycles. The number of ether oxygens (including phenoxy) is 1. The largest absolute Gasteiger partial charge is 0.494 e. The summed E-state index contributed by atoms with van der Waals surface area (Å²) in [6.07, 6.45) is 0. The van der Waals surface area contributed by atoms with Crippen LogP contribution < -0.4 is 10.5 Å². The second-order valence-electron chi connectivity index (χ2n) is 2.88. The van der Waals surface area contributed by atoms with Crippen LogP contribution in [0, 0.1) is 0 Å². The van der Waals surface area contributed by atoms with E-state index < -0.39 is 0 Å². The molecule has 0 bridgehead atoms. The van der Waals surface area contributed by atoms with Crippen molar-refractivity contribution in [2.45, 2.75) is 13.0 Å². The maximum absolute atomic E-state index is 8.87. The minimum atomic E-state index is -0.0457. The highest BCUT2D eigenvalue weighted by Crippen LogP contribution is 2.14. The van der Waals surface area contributed by atoms with Crippen molar-refractivity contribution in [3.05, 3.63) is 29.8 Å². The van der Waals surface area contributed by atoms with Gasteiger partial charge >= 0.3 is 0 Å². The summed E-state index contributed by atoms with van der Waals surface area (Å²) < 4.78 is 5.29. The van der Waals surface area contributed by atoms with Crippen molar-refractivity contribution >= 4 is 0 Å². The van der Waals surface area contributed by atoms with E-state index in [9.17, 15) is 0 Å². The van der Waals surface area contributed by atoms with E-state index in [2.05, 4.69) is 5.73 Å². The molecule has 1 atom stereocenters. The first-order valence-corrected chi connectivity index (χ1v) is 4.44. The zero-order chi connectivity index (χ0) is 9.68. The van der Waals surface area contributed by atoms with Gasteiger partial charge in [0.2, 0.25) is 0 Å². The van der Waals surface area contributed by atoms with E-state index in [0.717, 1.165) is 11.3 Å². The molecule has 0 amide bonds. The van der Waals surface area contributed by atoms with Crippen LogP contribution in [0.4, 0.5) is 0 Å². The maximum Gasteiger partial charge on any atom is 0.133 e. The number of benzene rings is 1. The van der Waals surface area contributed by atoms with Crippen LogP contribution >= 0.6 is 0 Å². The number of aliphatic hydroxyl groups excluding tert-OH is 1. The Morgan fingerprint density at radius 2 is 2.00 bits per heavy atom. The molecule has 0 heterocycles. The first-order valence-electron chi connectivity index (χ1n) is 4.44. The molecule has 0 unspecified atom stereocenters. The smallest absolute Gasteiger partial charge is 0.133 e. The molecule has 0 saturated heterocycles. The van der Waals surface area contributed by atoms with Gasteiger partial charge in [-0.25, -0.2) is 0 Å². The molecule has 4 N–H and O–H groups in total. The molecule has 0 saturated carbocycles. The third-order valence-corrected chi connectivity index (χ3v) is 1.88. The minimum Gasteiger partial charge on any atom is -0.494 e. The zero-order valence-electron chi connectivity index (χ0n) is 7.86. The van der Waals surface area contributed by atoms with Crippen LogP contribution in [0.5, 0.6) is 5.75 Å². The Labute approximate surface area is 78.1 Å². The molecule has 3 heteroatoms. The summed E-state index contributed by atoms with van der Waals surface area (Å²) in [5.74, 6) is 0.858. The monoisotopic (exact) mass is 182 g/mol. The summed E-state index contributed by atoms with van der Waals surface area (Å²) in [6, 6.07) is 7.60. The number of quaternary nitrogens is 1. The lowest BCUT2D eigenvalue weighted by Gasteiger charge is -2.06. The Morgan fingerprint density at radius 3 is 2.46 bits per heavy atom. The molecule has 1 aromatic carbocycles. The second-order valence-corrected chi connectivity index (χ2v) is 2.88. The van der Waals surface area contributed by atoms with Gasteiger partial charge < -0.3 is 15.6 Å². The van der Waals surface area contributed by atoms with Gasteiger partial charge in [0, 0.05) is 5.56 Å². The Bertz CT molecular complexity index is 246. The van der Waals surface area contributed by atoms with E-state index in [1.54, 1.807) is 0 Å². The van der Waals surface area contributed by atoms with Crippen molar-refractivity contribution in [2.24, 2.45) is 0 Å². The molecule has 0 radical (unpaired) electrons. The van der Waals surface area contributed by atoms with E-state index >= 15 is 0 Å². The predicted molar refractivity (Wildman–Crippen MR) is 50.3 cm³/mol. The normalized spacial score (nSPS) is 12.5. The van der Waals surface area contributed by atoms with Gasteiger partial charge in [0.1, 0.15) is 11.8 Å². The van der Waals surface area contributed by atoms with E-state index in [-0.39, 0.29) is 12.6 Å². The molecule has 0 fully saturated rings. The molecule has 0 aliphatic carbocycles. The quantitative estimate of drug-likeness (QED) is 0.706. The average molecular weight is 182 g/mol. The van der Waals surface area contributed by atoms with Gasteiger partial charge in [0.25, 0.3) is 0 Å². The lowest BCUT2D eigenvalue weighted by molar-refractivity contribution is -0.432. The number of hydrogen-bond donors (Lipinski definition) is 2. The van der Waals surface area contributed by atoms with Crippen LogP contribution in [-0.2, 0) is 0 Å². The van der Waals surface area contributed by atoms with E-state index in [0.29, 0.717) is 6.61 Å². The van der Waals surface area contributed by atoms with Crippen molar-refractivity contribution in [3.8, 4) is 5.75 Å². The van der Waals surface area contributed by atoms with Crippen molar-refractivity contribution in [1.29, 1.82) is 0 Å². The van der Waals surface area contributed by atoms with Crippen molar-refractivity contribution in [1.82, 2.24) is 0 Å². The Morgan fingerprint density at radius 1 is 1.38 bits per heavy atom. The second kappa shape index (κ2) is 4.84. The van der Waals surface area contributed by atoms with E-state index in [4.69, 9.17) is 9.84 Å². The molecular formula is C10H16NO2+. The summed E-state index contributed by atoms with van der Waals surface area (Å²) in [7, 11) is 0. The zero-order valence-corrected chi connectivity index (χ0v) is 7.86. The summed E-state index contributed by atoms with van der Waals surface area (Å²) in [4.78, 5) is 0. The average Bonchev–Trinajstić information content (AvgIpc) is 2.18. The third kappa shape index (κ3) is 2.72. The van der Waals surface area contributed by atoms with Gasteiger partial charge in [-0.05, 0) is 31.2 Å². The SMILES string of the molecule is CCOc1ccc([C@@H]([NH3+])CO)cc1. The van der Waals surface area contributed by atoms with Crippen LogP contribution in [0.15, 0.2) is 24.3 Å². The fraction of sp³-hybridized carbons (Fsp3) is 0.400. The van der Waals surface area contributed by atoms with Gasteiger partial charge in [0.05, 0.1) is 13.2 Å². The Balaban J connectivity index is 2.69. The Hall–Kier alpha value is -1.06. The van der Waals surface area contributed by atoms with Crippen LogP contribution in [0.2, 0.25) is 0 Å². The molecular weight excluding hydrogens is 166 g/mol. The van der Waals surface area contributed by atoms with Crippen LogP contribution in [-0.4, -0.2) is 18.3 Å². The molecule has 72 valence electrons. The predicted octanol–water partition coefficient (Wildman–Crippen LogP) is 0.361. The standard InChI is InChI=1S/C10H15NO2/c1-2-13-9-5-3-8(4-6-9)10(11)7-12/h3-6,10,12H,2,7,11H2,1H3/p+1/t10-/m0/s1. The van der Waals surface area contributed by atoms with E-state index in [1.165, 1.54) is 0 Å². The van der Waals surface area contributed by atoms with Gasteiger partial charge in [-0.3, -0.25) is 0 Å². The highest BCUT2D eigenvalue weighted by Gasteiger charge is 2.06. The van der Waals surface area contributed by atoms with Crippen LogP contribution in [0.3, 0.4) is 0 Å². The lowest BCUT2D eigenvalue weighted by Crippen LogP contribution is -2.55. The fourth-order valence-corrected chi connectivity index (χ4v) is 1.11. The van der Waals surface area contributed by atoms with E-state index in [1.807, 2.05) is 31.2 Å². The topological polar surface area (TPSA) is 57.1 Å². The van der Waals surface area contributed by atoms with Crippen LogP contribution in [0.1, 0.15) is 18.5 Å². The maximum atomic E-state index is 8.87. The first-order chi connectivity index (χ1) is 6.27. The minimum absolute atomic E-state index is 0.0457. The molecule has 1 aromatic rings. The molecule has 0 aromatic heterocycles. The highest BCUT2D eigenvalue weighted by atomic mass is 16.5. The molecule has 1 rings (SSSR count). The van der Waals surface area contributed by atoms with Gasteiger partial charge in [-0.2, -0.15) is 0 Å². The highest BCUT2D eigenvalue weighted by molar-refractivity contribution is 5.28. The summed E-state index contributed by atoms with van der Waals surface area (Å²) >= 11 is 0. The molecule has 0 aliphatic rings. The van der Waals surface area contributed by atoms with Gasteiger partial charge in [-0.1, -0.05) is 0 Å². The Kier molecular flexibility index (Phi) is 3.73. The number of hydrogen-bond acceptors (Lipinski definition) is 2. The number of aliphatic hydroxyl groups is 1. The summed E-state index contributed by atoms with van der Waals surface area (Å²) in [6.45, 7) is 2.70. The third-order valence-electron chi connectivity index (χ3n) is 1.88. The molecule has 13 heavy (non-hydrogen) atoms. The molecule has 3 nitrogen and oxygen atoms in total. The van der Waals surface area contributed by atoms with Crippen molar-refractivity contribution in [3.63, 3.8) is 0 Å².